The van der Waals surface area contributed by atoms with Gasteiger partial charge in [-0.05, 0) is 17.7 Å². The number of rotatable bonds is 8. The summed E-state index contributed by atoms with van der Waals surface area (Å²) in [5, 5.41) is 58.5. The van der Waals surface area contributed by atoms with Crippen LogP contribution in [-0.4, -0.2) is 95.4 Å². The number of aliphatic hydroxyl groups excluding tert-OH is 5. The van der Waals surface area contributed by atoms with E-state index in [2.05, 4.69) is 0 Å². The highest BCUT2D eigenvalue weighted by Crippen LogP contribution is 2.39. The van der Waals surface area contributed by atoms with E-state index in [9.17, 15) is 30.6 Å². The number of methoxy groups -OCH3 is 2. The van der Waals surface area contributed by atoms with Gasteiger partial charge in [-0.1, -0.05) is 0 Å². The van der Waals surface area contributed by atoms with Crippen LogP contribution in [0, 0.1) is 0 Å². The molecule has 10 heteroatoms. The Labute approximate surface area is 156 Å². The summed E-state index contributed by atoms with van der Waals surface area (Å²) in [6, 6.07) is 2.95. The molecule has 1 unspecified atom stereocenters. The van der Waals surface area contributed by atoms with Crippen molar-refractivity contribution in [3.8, 4) is 17.2 Å². The van der Waals surface area contributed by atoms with Crippen molar-refractivity contribution >= 4 is 0 Å². The van der Waals surface area contributed by atoms with Crippen LogP contribution in [0.5, 0.6) is 17.2 Å². The summed E-state index contributed by atoms with van der Waals surface area (Å²) < 4.78 is 20.9. The molecule has 1 saturated heterocycles. The van der Waals surface area contributed by atoms with Gasteiger partial charge in [-0.25, -0.2) is 0 Å². The van der Waals surface area contributed by atoms with Crippen molar-refractivity contribution in [3.05, 3.63) is 17.7 Å². The molecule has 6 atom stereocenters. The van der Waals surface area contributed by atoms with Crippen molar-refractivity contribution < 1.29 is 49.6 Å². The highest BCUT2D eigenvalue weighted by Gasteiger charge is 2.44. The topological polar surface area (TPSA) is 158 Å². The normalized spacial score (nSPS) is 29.4. The monoisotopic (exact) mass is 390 g/mol. The van der Waals surface area contributed by atoms with Gasteiger partial charge in [0.2, 0.25) is 5.75 Å². The molecule has 1 fully saturated rings. The number of phenols is 1. The molecule has 154 valence electrons. The maximum atomic E-state index is 10.1. The highest BCUT2D eigenvalue weighted by atomic mass is 16.7. The van der Waals surface area contributed by atoms with E-state index in [1.807, 2.05) is 0 Å². The van der Waals surface area contributed by atoms with Crippen LogP contribution in [0.4, 0.5) is 0 Å². The maximum absolute atomic E-state index is 10.1. The average molecular weight is 390 g/mol. The molecule has 0 radical (unpaired) electrons. The summed E-state index contributed by atoms with van der Waals surface area (Å²) in [7, 11) is 2.78. The van der Waals surface area contributed by atoms with Crippen molar-refractivity contribution in [2.75, 3.05) is 34.0 Å². The van der Waals surface area contributed by atoms with Gasteiger partial charge in [-0.3, -0.25) is 0 Å². The Bertz CT molecular complexity index is 608. The van der Waals surface area contributed by atoms with Gasteiger partial charge in [0.1, 0.15) is 24.4 Å². The fourth-order valence-corrected chi connectivity index (χ4v) is 2.87. The summed E-state index contributed by atoms with van der Waals surface area (Å²) in [5.41, 5.74) is 0.484. The molecule has 0 aliphatic carbocycles. The number of aromatic hydroxyl groups is 1. The lowest BCUT2D eigenvalue weighted by Gasteiger charge is -2.40. The first kappa shape index (κ1) is 21.6. The third-order valence-electron chi connectivity index (χ3n) is 4.48. The zero-order valence-corrected chi connectivity index (χ0v) is 15.1. The van der Waals surface area contributed by atoms with Gasteiger partial charge < -0.3 is 49.6 Å². The van der Waals surface area contributed by atoms with Crippen LogP contribution in [0.25, 0.3) is 0 Å². The minimum atomic E-state index is -1.56. The molecule has 0 bridgehead atoms. The second-order valence-electron chi connectivity index (χ2n) is 6.19. The van der Waals surface area contributed by atoms with E-state index < -0.39 is 43.2 Å². The Morgan fingerprint density at radius 2 is 1.74 bits per heavy atom. The van der Waals surface area contributed by atoms with Crippen molar-refractivity contribution in [2.24, 2.45) is 0 Å². The molecule has 0 spiro atoms. The van der Waals surface area contributed by atoms with Gasteiger partial charge in [0, 0.05) is 5.92 Å². The third-order valence-corrected chi connectivity index (χ3v) is 4.48. The van der Waals surface area contributed by atoms with Crippen molar-refractivity contribution in [2.45, 2.75) is 36.6 Å². The van der Waals surface area contributed by atoms with Crippen molar-refractivity contribution in [1.82, 2.24) is 0 Å². The van der Waals surface area contributed by atoms with E-state index in [-0.39, 0.29) is 30.5 Å². The van der Waals surface area contributed by atoms with Gasteiger partial charge in [0.15, 0.2) is 17.8 Å². The van der Waals surface area contributed by atoms with Crippen LogP contribution in [0.15, 0.2) is 12.1 Å². The molecule has 2 rings (SSSR count). The van der Waals surface area contributed by atoms with Gasteiger partial charge in [0.05, 0.1) is 34.0 Å². The molecule has 6 N–H and O–H groups in total. The van der Waals surface area contributed by atoms with E-state index in [1.165, 1.54) is 20.3 Å². The average Bonchev–Trinajstić information content (AvgIpc) is 2.67. The molecule has 27 heavy (non-hydrogen) atoms. The molecular formula is C17H26O10. The number of hydrogen-bond donors (Lipinski definition) is 6. The Kier molecular flexibility index (Phi) is 7.62. The number of phenolic OH excluding ortho intramolecular Hbond substituents is 1. The first-order valence-corrected chi connectivity index (χ1v) is 8.35. The Hall–Kier alpha value is -1.66. The highest BCUT2D eigenvalue weighted by molar-refractivity contribution is 5.53. The van der Waals surface area contributed by atoms with E-state index in [4.69, 9.17) is 18.9 Å². The summed E-state index contributed by atoms with van der Waals surface area (Å²) in [5.74, 6) is -0.396. The molecular weight excluding hydrogens is 364 g/mol. The van der Waals surface area contributed by atoms with E-state index in [0.717, 1.165) is 0 Å². The molecule has 1 aromatic rings. The predicted molar refractivity (Wildman–Crippen MR) is 90.8 cm³/mol. The van der Waals surface area contributed by atoms with Crippen molar-refractivity contribution in [1.29, 1.82) is 0 Å². The minimum Gasteiger partial charge on any atom is -0.504 e. The lowest BCUT2D eigenvalue weighted by atomic mass is 9.98. The summed E-state index contributed by atoms with van der Waals surface area (Å²) >= 11 is 0. The smallest absolute Gasteiger partial charge is 0.203 e. The molecule has 0 aromatic heterocycles. The fraction of sp³-hybridized carbons (Fsp3) is 0.647. The number of ether oxygens (including phenoxy) is 4. The largest absolute Gasteiger partial charge is 0.504 e. The first-order chi connectivity index (χ1) is 12.9. The van der Waals surface area contributed by atoms with E-state index >= 15 is 0 Å². The molecule has 1 aliphatic heterocycles. The quantitative estimate of drug-likeness (QED) is 0.302. The predicted octanol–water partition coefficient (Wildman–Crippen LogP) is -1.70. The molecule has 1 heterocycles. The van der Waals surface area contributed by atoms with Crippen LogP contribution in [0.2, 0.25) is 0 Å². The standard InChI is InChI=1S/C17H26O10/c1-24-11-4-8(3-10(20)16(11)25-2)9(5-18)7-26-17-15(23)14(22)13(21)12(6-19)27-17/h3-4,9,12-15,17-23H,5-7H2,1-2H3/t9?,12-,13-,14+,15-,17-/m1/s1. The van der Waals surface area contributed by atoms with Gasteiger partial charge in [-0.2, -0.15) is 0 Å². The van der Waals surface area contributed by atoms with Crippen LogP contribution in [0.1, 0.15) is 11.5 Å². The van der Waals surface area contributed by atoms with E-state index in [1.54, 1.807) is 6.07 Å². The maximum Gasteiger partial charge on any atom is 0.203 e. The van der Waals surface area contributed by atoms with Crippen LogP contribution >= 0.6 is 0 Å². The Morgan fingerprint density at radius 1 is 1.04 bits per heavy atom. The van der Waals surface area contributed by atoms with Crippen LogP contribution in [0.3, 0.4) is 0 Å². The molecule has 1 aromatic carbocycles. The first-order valence-electron chi connectivity index (χ1n) is 8.35. The Morgan fingerprint density at radius 3 is 2.30 bits per heavy atom. The van der Waals surface area contributed by atoms with Crippen LogP contribution < -0.4 is 9.47 Å². The van der Waals surface area contributed by atoms with Crippen molar-refractivity contribution in [3.63, 3.8) is 0 Å². The molecule has 0 saturated carbocycles. The number of benzene rings is 1. The zero-order valence-electron chi connectivity index (χ0n) is 15.1. The SMILES string of the molecule is COc1cc(C(CO)CO[C@@H]2O[C@H](CO)[C@@H](O)[C@H](O)[C@H]2O)cc(O)c1OC. The molecule has 0 amide bonds. The molecule has 10 nitrogen and oxygen atoms in total. The minimum absolute atomic E-state index is 0.145. The number of hydrogen-bond acceptors (Lipinski definition) is 10. The lowest BCUT2D eigenvalue weighted by molar-refractivity contribution is -0.302. The third kappa shape index (κ3) is 4.61. The van der Waals surface area contributed by atoms with Gasteiger partial charge >= 0.3 is 0 Å². The molecule has 1 aliphatic rings. The second-order valence-corrected chi connectivity index (χ2v) is 6.19. The van der Waals surface area contributed by atoms with E-state index in [0.29, 0.717) is 5.56 Å². The summed E-state index contributed by atoms with van der Waals surface area (Å²) in [6.07, 6.45) is -6.99. The fourth-order valence-electron chi connectivity index (χ4n) is 2.87. The second kappa shape index (κ2) is 9.51. The zero-order chi connectivity index (χ0) is 20.1. The summed E-state index contributed by atoms with van der Waals surface area (Å²) in [4.78, 5) is 0. The van der Waals surface area contributed by atoms with Crippen LogP contribution in [-0.2, 0) is 9.47 Å². The summed E-state index contributed by atoms with van der Waals surface area (Å²) in [6.45, 7) is -1.07. The Balaban J connectivity index is 2.12. The number of aliphatic hydroxyl groups is 5. The van der Waals surface area contributed by atoms with Gasteiger partial charge in [0.25, 0.3) is 0 Å². The van der Waals surface area contributed by atoms with Gasteiger partial charge in [-0.15, -0.1) is 0 Å². The lowest BCUT2D eigenvalue weighted by Crippen LogP contribution is -2.59.